The Morgan fingerprint density at radius 1 is 1.06 bits per heavy atom. The first-order chi connectivity index (χ1) is 23.5. The Morgan fingerprint density at radius 2 is 1.86 bits per heavy atom. The molecule has 260 valence electrons. The molecule has 1 aromatic heterocycles. The van der Waals surface area contributed by atoms with Crippen molar-refractivity contribution in [2.75, 3.05) is 23.8 Å². The molecular weight excluding hydrogens is 662 g/mol. The van der Waals surface area contributed by atoms with Crippen LogP contribution < -0.4 is 10.6 Å². The summed E-state index contributed by atoms with van der Waals surface area (Å²) in [5.41, 5.74) is 2.72. The molecule has 2 bridgehead atoms. The van der Waals surface area contributed by atoms with Crippen molar-refractivity contribution < 1.29 is 43.5 Å². The number of aromatic nitrogens is 1. The molecule has 3 aliphatic rings. The molecule has 6 N–H and O–H groups in total. The Balaban J connectivity index is 1.32. The van der Waals surface area contributed by atoms with Crippen molar-refractivity contribution in [3.8, 4) is 11.1 Å². The monoisotopic (exact) mass is 698 g/mol. The molecule has 7 unspecified atom stereocenters. The molecule has 0 aliphatic carbocycles. The van der Waals surface area contributed by atoms with Crippen LogP contribution >= 0.6 is 11.6 Å². The summed E-state index contributed by atoms with van der Waals surface area (Å²) < 4.78 is 35.0. The molecule has 1 fully saturated rings. The number of pyridine rings is 1. The summed E-state index contributed by atoms with van der Waals surface area (Å²) in [6.07, 6.45) is -2.22. The highest BCUT2D eigenvalue weighted by Gasteiger charge is 2.43. The van der Waals surface area contributed by atoms with Gasteiger partial charge in [0, 0.05) is 36.0 Å². The van der Waals surface area contributed by atoms with E-state index in [1.807, 2.05) is 6.07 Å². The van der Waals surface area contributed by atoms with Gasteiger partial charge in [0.25, 0.3) is 0 Å². The van der Waals surface area contributed by atoms with Gasteiger partial charge in [-0.05, 0) is 66.8 Å². The summed E-state index contributed by atoms with van der Waals surface area (Å²) in [7, 11) is 0. The summed E-state index contributed by atoms with van der Waals surface area (Å²) in [4.78, 5) is 33.2. The first-order valence-electron chi connectivity index (χ1n) is 16.1. The number of aliphatic hydroxyl groups is 4. The third-order valence-corrected chi connectivity index (χ3v) is 9.71. The average molecular weight is 699 g/mol. The van der Waals surface area contributed by atoms with Crippen LogP contribution in [0, 0.1) is 17.6 Å². The molecule has 2 aromatic carbocycles. The van der Waals surface area contributed by atoms with Crippen LogP contribution in [0.3, 0.4) is 0 Å². The maximum absolute atomic E-state index is 14.8. The van der Waals surface area contributed by atoms with E-state index in [0.717, 1.165) is 12.1 Å². The molecule has 0 spiro atoms. The second kappa shape index (κ2) is 14.5. The lowest BCUT2D eigenvalue weighted by molar-refractivity contribution is -0.221. The fourth-order valence-corrected chi connectivity index (χ4v) is 6.78. The van der Waals surface area contributed by atoms with E-state index >= 15 is 0 Å². The lowest BCUT2D eigenvalue weighted by Gasteiger charge is -2.40. The van der Waals surface area contributed by atoms with Crippen LogP contribution in [-0.2, 0) is 14.3 Å². The Morgan fingerprint density at radius 3 is 2.61 bits per heavy atom. The predicted octanol–water partition coefficient (Wildman–Crippen LogP) is 4.01. The van der Waals surface area contributed by atoms with E-state index in [0.29, 0.717) is 47.5 Å². The summed E-state index contributed by atoms with van der Waals surface area (Å²) in [6.45, 7) is 1.41. The van der Waals surface area contributed by atoms with Crippen molar-refractivity contribution >= 4 is 40.4 Å². The van der Waals surface area contributed by atoms with E-state index < -0.39 is 66.8 Å². The number of fused-ring (bicyclic) bond motifs is 4. The Bertz CT molecular complexity index is 1780. The molecule has 14 heteroatoms. The number of hydrogen-bond donors (Lipinski definition) is 6. The highest BCUT2D eigenvalue weighted by Crippen LogP contribution is 2.38. The van der Waals surface area contributed by atoms with Crippen molar-refractivity contribution in [1.29, 1.82) is 0 Å². The van der Waals surface area contributed by atoms with Crippen LogP contribution in [0.5, 0.6) is 0 Å². The molecule has 49 heavy (non-hydrogen) atoms. The van der Waals surface area contributed by atoms with Gasteiger partial charge in [0.2, 0.25) is 11.8 Å². The number of ether oxygens (including phenoxy) is 1. The van der Waals surface area contributed by atoms with E-state index in [9.17, 15) is 38.8 Å². The first-order valence-corrected chi connectivity index (χ1v) is 16.5. The smallest absolute Gasteiger partial charge is 0.247 e. The zero-order chi connectivity index (χ0) is 35.0. The fraction of sp³-hybridized carbons (Fsp3) is 0.400. The van der Waals surface area contributed by atoms with Crippen LogP contribution in [0.1, 0.15) is 49.9 Å². The van der Waals surface area contributed by atoms with Gasteiger partial charge in [-0.25, -0.2) is 8.78 Å². The van der Waals surface area contributed by atoms with Crippen molar-refractivity contribution in [3.05, 3.63) is 82.7 Å². The highest BCUT2D eigenvalue weighted by atomic mass is 35.5. The van der Waals surface area contributed by atoms with Crippen LogP contribution in [0.25, 0.3) is 16.7 Å². The fourth-order valence-electron chi connectivity index (χ4n) is 6.62. The summed E-state index contributed by atoms with van der Waals surface area (Å²) >= 11 is 5.91. The van der Waals surface area contributed by atoms with E-state index in [4.69, 9.17) is 16.3 Å². The molecule has 11 nitrogen and oxygen atoms in total. The molecule has 7 atom stereocenters. The van der Waals surface area contributed by atoms with E-state index in [1.165, 1.54) is 6.08 Å². The number of nitrogens with one attached hydrogen (secondary N) is 2. The average Bonchev–Trinajstić information content (AvgIpc) is 3.09. The largest absolute Gasteiger partial charge is 0.394 e. The van der Waals surface area contributed by atoms with E-state index in [2.05, 4.69) is 15.6 Å². The lowest BCUT2D eigenvalue weighted by Crippen LogP contribution is -2.60. The number of anilines is 2. The SMILES string of the molecule is CC1CCCC(N2CCC(c3c(F)ccc(Cl)c3F)=CC2=O)c2cc(ccn2)-c2ccc(NC3OC(CO)C(O)C(O)C3O)cc2NC1=O. The predicted molar refractivity (Wildman–Crippen MR) is 177 cm³/mol. The number of amides is 2. The van der Waals surface area contributed by atoms with Gasteiger partial charge in [0.1, 0.15) is 30.2 Å². The number of halogens is 3. The minimum atomic E-state index is -1.57. The molecule has 3 aliphatic heterocycles. The molecule has 1 saturated heterocycles. The van der Waals surface area contributed by atoms with Crippen molar-refractivity contribution in [1.82, 2.24) is 9.88 Å². The maximum atomic E-state index is 14.8. The minimum absolute atomic E-state index is 0.187. The third-order valence-electron chi connectivity index (χ3n) is 9.42. The second-order valence-corrected chi connectivity index (χ2v) is 13.0. The minimum Gasteiger partial charge on any atom is -0.394 e. The van der Waals surface area contributed by atoms with Crippen molar-refractivity contribution in [3.63, 3.8) is 0 Å². The number of rotatable bonds is 5. The van der Waals surface area contributed by atoms with Crippen LogP contribution in [0.2, 0.25) is 5.02 Å². The highest BCUT2D eigenvalue weighted by molar-refractivity contribution is 6.31. The number of nitrogens with zero attached hydrogens (tertiary/aromatic N) is 2. The van der Waals surface area contributed by atoms with Gasteiger partial charge in [0.05, 0.1) is 34.6 Å². The van der Waals surface area contributed by atoms with Crippen LogP contribution in [-0.4, -0.2) is 85.9 Å². The molecule has 3 aromatic rings. The standard InChI is InChI=1S/C35H37ClF2N4O7/c1-17-3-2-4-26(42-12-10-19(14-28(42)44)29-23(37)8-7-22(36)30(29)38)25-13-18(9-11-39-25)21-6-5-20(15-24(21)41-34(17)48)40-35-33(47)32(46)31(45)27(16-43)49-35/h5-9,11,13-15,17,26-27,31-33,35,40,43,45-47H,2-4,10,12,16H2,1H3,(H,41,48). The number of hydrogen-bond acceptors (Lipinski definition) is 9. The lowest BCUT2D eigenvalue weighted by atomic mass is 9.92. The molecule has 4 heterocycles. The van der Waals surface area contributed by atoms with Gasteiger partial charge in [-0.15, -0.1) is 0 Å². The number of benzene rings is 2. The normalized spacial score (nSPS) is 27.7. The third kappa shape index (κ3) is 7.05. The van der Waals surface area contributed by atoms with Gasteiger partial charge in [-0.3, -0.25) is 14.6 Å². The first kappa shape index (κ1) is 34.9. The van der Waals surface area contributed by atoms with Gasteiger partial charge in [0.15, 0.2) is 12.0 Å². The number of carbonyl (C=O) groups is 2. The molecule has 2 amide bonds. The zero-order valence-corrected chi connectivity index (χ0v) is 27.3. The zero-order valence-electron chi connectivity index (χ0n) is 26.5. The summed E-state index contributed by atoms with van der Waals surface area (Å²) in [6, 6.07) is 10.4. The van der Waals surface area contributed by atoms with Crippen LogP contribution in [0.4, 0.5) is 20.2 Å². The van der Waals surface area contributed by atoms with Gasteiger partial charge in [-0.2, -0.15) is 0 Å². The number of carbonyl (C=O) groups excluding carboxylic acids is 2. The quantitative estimate of drug-likeness (QED) is 0.216. The number of aliphatic hydroxyl groups excluding tert-OH is 4. The van der Waals surface area contributed by atoms with Crippen molar-refractivity contribution in [2.24, 2.45) is 5.92 Å². The van der Waals surface area contributed by atoms with Gasteiger partial charge in [-0.1, -0.05) is 31.0 Å². The summed E-state index contributed by atoms with van der Waals surface area (Å²) in [5.74, 6) is -2.76. The molecular formula is C35H37ClF2N4O7. The second-order valence-electron chi connectivity index (χ2n) is 12.6. The van der Waals surface area contributed by atoms with Gasteiger partial charge >= 0.3 is 0 Å². The van der Waals surface area contributed by atoms with Gasteiger partial charge < -0.3 is 40.7 Å². The summed E-state index contributed by atoms with van der Waals surface area (Å²) in [5, 5.41) is 46.2. The Kier molecular flexibility index (Phi) is 10.3. The van der Waals surface area contributed by atoms with Crippen molar-refractivity contribution in [2.45, 2.75) is 69.3 Å². The van der Waals surface area contributed by atoms with E-state index in [-0.39, 0.29) is 35.0 Å². The Labute approximate surface area is 286 Å². The molecule has 0 saturated carbocycles. The molecule has 0 radical (unpaired) electrons. The molecule has 6 rings (SSSR count). The topological polar surface area (TPSA) is 164 Å². The maximum Gasteiger partial charge on any atom is 0.247 e. The Hall–Kier alpha value is -3.98. The van der Waals surface area contributed by atoms with E-state index in [1.54, 1.807) is 42.3 Å². The van der Waals surface area contributed by atoms with Crippen LogP contribution in [0.15, 0.2) is 54.7 Å².